The minimum absolute atomic E-state index is 0.0315. The van der Waals surface area contributed by atoms with Crippen molar-refractivity contribution in [2.45, 2.75) is 6.42 Å². The second-order valence-electron chi connectivity index (χ2n) is 3.60. The minimum atomic E-state index is -0.0315. The van der Waals surface area contributed by atoms with Crippen molar-refractivity contribution in [2.24, 2.45) is 7.05 Å². The fourth-order valence-electron chi connectivity index (χ4n) is 1.26. The second kappa shape index (κ2) is 7.75. The summed E-state index contributed by atoms with van der Waals surface area (Å²) in [5, 5.41) is 9.89. The lowest BCUT2D eigenvalue weighted by Crippen LogP contribution is -2.36. The molecule has 0 saturated carbocycles. The van der Waals surface area contributed by atoms with Crippen LogP contribution in [-0.4, -0.2) is 54.0 Å². The molecule has 0 saturated heterocycles. The van der Waals surface area contributed by atoms with Crippen molar-refractivity contribution in [3.8, 4) is 0 Å². The van der Waals surface area contributed by atoms with Crippen LogP contribution in [0.15, 0.2) is 6.33 Å². The van der Waals surface area contributed by atoms with E-state index in [1.807, 2.05) is 7.05 Å². The zero-order chi connectivity index (χ0) is 12.5. The average Bonchev–Trinajstić information content (AvgIpc) is 2.71. The van der Waals surface area contributed by atoms with Crippen LogP contribution >= 0.6 is 0 Å². The van der Waals surface area contributed by atoms with Gasteiger partial charge < -0.3 is 15.4 Å². The van der Waals surface area contributed by atoms with E-state index in [-0.39, 0.29) is 5.91 Å². The third kappa shape index (κ3) is 5.98. The predicted molar refractivity (Wildman–Crippen MR) is 62.5 cm³/mol. The van der Waals surface area contributed by atoms with Gasteiger partial charge in [0.05, 0.1) is 13.2 Å². The van der Waals surface area contributed by atoms with Crippen molar-refractivity contribution in [3.63, 3.8) is 0 Å². The highest BCUT2D eigenvalue weighted by Gasteiger charge is 2.01. The Balaban J connectivity index is 2.02. The molecular weight excluding hydrogens is 222 g/mol. The Bertz CT molecular complexity index is 339. The largest absolute Gasteiger partial charge is 0.383 e. The SMILES string of the molecule is COCCNC(=O)CNCCc1ncn(C)n1. The topological polar surface area (TPSA) is 81.1 Å². The maximum Gasteiger partial charge on any atom is 0.234 e. The average molecular weight is 241 g/mol. The van der Waals surface area contributed by atoms with Gasteiger partial charge in [0.15, 0.2) is 5.82 Å². The minimum Gasteiger partial charge on any atom is -0.383 e. The summed E-state index contributed by atoms with van der Waals surface area (Å²) < 4.78 is 6.48. The number of methoxy groups -OCH3 is 1. The second-order valence-corrected chi connectivity index (χ2v) is 3.60. The number of nitrogens with zero attached hydrogens (tertiary/aromatic N) is 3. The van der Waals surface area contributed by atoms with Crippen LogP contribution in [0, 0.1) is 0 Å². The summed E-state index contributed by atoms with van der Waals surface area (Å²) in [5.74, 6) is 0.746. The van der Waals surface area contributed by atoms with Crippen LogP contribution in [0.5, 0.6) is 0 Å². The maximum atomic E-state index is 11.3. The van der Waals surface area contributed by atoms with Gasteiger partial charge in [0.25, 0.3) is 0 Å². The summed E-state index contributed by atoms with van der Waals surface area (Å²) in [6.07, 6.45) is 2.37. The Hall–Kier alpha value is -1.47. The van der Waals surface area contributed by atoms with Crippen LogP contribution in [0.3, 0.4) is 0 Å². The molecule has 7 nitrogen and oxygen atoms in total. The molecule has 0 aliphatic carbocycles. The highest BCUT2D eigenvalue weighted by molar-refractivity contribution is 5.77. The Morgan fingerprint density at radius 1 is 1.53 bits per heavy atom. The first-order chi connectivity index (χ1) is 8.22. The lowest BCUT2D eigenvalue weighted by molar-refractivity contribution is -0.120. The molecule has 0 fully saturated rings. The van der Waals surface area contributed by atoms with E-state index in [1.54, 1.807) is 18.1 Å². The molecule has 1 aromatic heterocycles. The number of hydrogen-bond donors (Lipinski definition) is 2. The van der Waals surface area contributed by atoms with Crippen molar-refractivity contribution in [3.05, 3.63) is 12.2 Å². The third-order valence-corrected chi connectivity index (χ3v) is 2.09. The number of amides is 1. The quantitative estimate of drug-likeness (QED) is 0.553. The standard InChI is InChI=1S/C10H19N5O2/c1-15-8-13-9(14-15)3-4-11-7-10(16)12-5-6-17-2/h8,11H,3-7H2,1-2H3,(H,12,16). The molecule has 2 N–H and O–H groups in total. The van der Waals surface area contributed by atoms with E-state index >= 15 is 0 Å². The van der Waals surface area contributed by atoms with Crippen molar-refractivity contribution in [1.29, 1.82) is 0 Å². The lowest BCUT2D eigenvalue weighted by Gasteiger charge is -2.05. The first kappa shape index (κ1) is 13.6. The first-order valence-corrected chi connectivity index (χ1v) is 5.53. The van der Waals surface area contributed by atoms with E-state index in [2.05, 4.69) is 20.7 Å². The van der Waals surface area contributed by atoms with Crippen LogP contribution in [0.4, 0.5) is 0 Å². The smallest absolute Gasteiger partial charge is 0.234 e. The van der Waals surface area contributed by atoms with Crippen molar-refractivity contribution in [2.75, 3.05) is 33.4 Å². The molecule has 0 unspecified atom stereocenters. The number of aryl methyl sites for hydroxylation is 1. The number of carbonyl (C=O) groups excluding carboxylic acids is 1. The van der Waals surface area contributed by atoms with Gasteiger partial charge in [-0.3, -0.25) is 9.48 Å². The first-order valence-electron chi connectivity index (χ1n) is 5.53. The van der Waals surface area contributed by atoms with Gasteiger partial charge in [-0.2, -0.15) is 5.10 Å². The molecule has 0 radical (unpaired) electrons. The monoisotopic (exact) mass is 241 g/mol. The fraction of sp³-hybridized carbons (Fsp3) is 0.700. The molecule has 1 heterocycles. The number of carbonyl (C=O) groups is 1. The van der Waals surface area contributed by atoms with Crippen LogP contribution in [0.2, 0.25) is 0 Å². The van der Waals surface area contributed by atoms with E-state index in [1.165, 1.54) is 0 Å². The molecule has 0 atom stereocenters. The highest BCUT2D eigenvalue weighted by Crippen LogP contribution is 1.87. The van der Waals surface area contributed by atoms with Crippen LogP contribution < -0.4 is 10.6 Å². The molecule has 1 rings (SSSR count). The van der Waals surface area contributed by atoms with Crippen molar-refractivity contribution >= 4 is 5.91 Å². The number of rotatable bonds is 8. The third-order valence-electron chi connectivity index (χ3n) is 2.09. The van der Waals surface area contributed by atoms with Crippen molar-refractivity contribution < 1.29 is 9.53 Å². The molecule has 0 spiro atoms. The molecule has 0 aliphatic heterocycles. The van der Waals surface area contributed by atoms with E-state index in [4.69, 9.17) is 4.74 Å². The number of hydrogen-bond acceptors (Lipinski definition) is 5. The van der Waals surface area contributed by atoms with Gasteiger partial charge in [0.1, 0.15) is 6.33 Å². The molecule has 0 aliphatic rings. The molecule has 0 aromatic carbocycles. The maximum absolute atomic E-state index is 11.3. The van der Waals surface area contributed by atoms with E-state index in [0.29, 0.717) is 32.7 Å². The highest BCUT2D eigenvalue weighted by atomic mass is 16.5. The van der Waals surface area contributed by atoms with Crippen LogP contribution in [0.25, 0.3) is 0 Å². The number of aromatic nitrogens is 3. The number of ether oxygens (including phenoxy) is 1. The zero-order valence-corrected chi connectivity index (χ0v) is 10.3. The number of nitrogens with one attached hydrogen (secondary N) is 2. The summed E-state index contributed by atoms with van der Waals surface area (Å²) in [7, 11) is 3.43. The molecule has 7 heteroatoms. The molecule has 0 bridgehead atoms. The lowest BCUT2D eigenvalue weighted by atomic mass is 10.4. The summed E-state index contributed by atoms with van der Waals surface area (Å²) in [6, 6.07) is 0. The predicted octanol–water partition coefficient (Wildman–Crippen LogP) is -1.29. The van der Waals surface area contributed by atoms with Gasteiger partial charge in [-0.05, 0) is 0 Å². The Kier molecular flexibility index (Phi) is 6.19. The van der Waals surface area contributed by atoms with Gasteiger partial charge >= 0.3 is 0 Å². The summed E-state index contributed by atoms with van der Waals surface area (Å²) in [6.45, 7) is 2.06. The summed E-state index contributed by atoms with van der Waals surface area (Å²) in [4.78, 5) is 15.4. The Morgan fingerprint density at radius 3 is 3.00 bits per heavy atom. The fourth-order valence-corrected chi connectivity index (χ4v) is 1.26. The van der Waals surface area contributed by atoms with E-state index in [9.17, 15) is 4.79 Å². The molecule has 1 amide bonds. The molecule has 17 heavy (non-hydrogen) atoms. The molecule has 96 valence electrons. The summed E-state index contributed by atoms with van der Waals surface area (Å²) in [5.41, 5.74) is 0. The Labute approximate surface area is 101 Å². The normalized spacial score (nSPS) is 10.5. The van der Waals surface area contributed by atoms with Crippen LogP contribution in [-0.2, 0) is 23.0 Å². The van der Waals surface area contributed by atoms with Gasteiger partial charge in [0.2, 0.25) is 5.91 Å². The van der Waals surface area contributed by atoms with Gasteiger partial charge in [-0.25, -0.2) is 4.98 Å². The summed E-state index contributed by atoms with van der Waals surface area (Å²) >= 11 is 0. The van der Waals surface area contributed by atoms with E-state index < -0.39 is 0 Å². The van der Waals surface area contributed by atoms with Crippen molar-refractivity contribution in [1.82, 2.24) is 25.4 Å². The molecule has 1 aromatic rings. The van der Waals surface area contributed by atoms with Gasteiger partial charge in [-0.1, -0.05) is 0 Å². The van der Waals surface area contributed by atoms with Crippen LogP contribution in [0.1, 0.15) is 5.82 Å². The van der Waals surface area contributed by atoms with Gasteiger partial charge in [-0.15, -0.1) is 0 Å². The Morgan fingerprint density at radius 2 is 2.35 bits per heavy atom. The van der Waals surface area contributed by atoms with Gasteiger partial charge in [0, 0.05) is 33.7 Å². The molecular formula is C10H19N5O2. The zero-order valence-electron chi connectivity index (χ0n) is 10.3. The van der Waals surface area contributed by atoms with E-state index in [0.717, 1.165) is 5.82 Å².